The second-order valence-corrected chi connectivity index (χ2v) is 8.34. The molecule has 0 radical (unpaired) electrons. The number of carbonyl (C=O) groups is 1. The number of aromatic nitrogens is 2. The predicted molar refractivity (Wildman–Crippen MR) is 125 cm³/mol. The number of fused-ring (bicyclic) bond motifs is 1. The van der Waals surface area contributed by atoms with Crippen molar-refractivity contribution >= 4 is 16.8 Å². The Labute approximate surface area is 192 Å². The highest BCUT2D eigenvalue weighted by molar-refractivity contribution is 5.98. The van der Waals surface area contributed by atoms with Crippen molar-refractivity contribution in [2.24, 2.45) is 0 Å². The smallest absolute Gasteiger partial charge is 0.270 e. The number of nitrogens with one attached hydrogen (secondary N) is 1. The van der Waals surface area contributed by atoms with E-state index in [1.807, 2.05) is 53.4 Å². The van der Waals surface area contributed by atoms with Gasteiger partial charge in [-0.25, -0.2) is 4.98 Å². The van der Waals surface area contributed by atoms with Crippen LogP contribution in [0, 0.1) is 0 Å². The molecule has 2 aromatic heterocycles. The van der Waals surface area contributed by atoms with Crippen LogP contribution in [0.2, 0.25) is 0 Å². The molecule has 1 atom stereocenters. The number of likely N-dealkylation sites (tertiary alicyclic amines) is 1. The highest BCUT2D eigenvalue weighted by atomic mass is 16.5. The monoisotopic (exact) mass is 445 g/mol. The van der Waals surface area contributed by atoms with E-state index in [1.54, 1.807) is 20.4 Å². The van der Waals surface area contributed by atoms with Gasteiger partial charge in [0.25, 0.3) is 5.91 Å². The van der Waals surface area contributed by atoms with Gasteiger partial charge in [-0.15, -0.1) is 0 Å². The van der Waals surface area contributed by atoms with Gasteiger partial charge in [0.05, 0.1) is 20.4 Å². The van der Waals surface area contributed by atoms with E-state index in [2.05, 4.69) is 9.97 Å². The average molecular weight is 446 g/mol. The molecule has 4 aromatic rings. The molecule has 7 nitrogen and oxygen atoms in total. The van der Waals surface area contributed by atoms with Crippen LogP contribution in [0.5, 0.6) is 11.5 Å². The minimum atomic E-state index is -0.175. The summed E-state index contributed by atoms with van der Waals surface area (Å²) in [5.74, 6) is 2.90. The van der Waals surface area contributed by atoms with Gasteiger partial charge < -0.3 is 23.8 Å². The van der Waals surface area contributed by atoms with E-state index >= 15 is 0 Å². The molecule has 0 spiro atoms. The molecule has 1 aliphatic rings. The topological polar surface area (TPSA) is 80.6 Å². The van der Waals surface area contributed by atoms with Crippen molar-refractivity contribution < 1.29 is 18.7 Å². The van der Waals surface area contributed by atoms with Crippen molar-refractivity contribution in [3.63, 3.8) is 0 Å². The highest BCUT2D eigenvalue weighted by Crippen LogP contribution is 2.33. The number of aromatic amines is 1. The third-order valence-electron chi connectivity index (χ3n) is 6.19. The summed E-state index contributed by atoms with van der Waals surface area (Å²) in [4.78, 5) is 23.1. The fraction of sp³-hybridized carbons (Fsp3) is 0.308. The lowest BCUT2D eigenvalue weighted by atomic mass is 10.0. The number of oxazole rings is 1. The van der Waals surface area contributed by atoms with E-state index < -0.39 is 0 Å². The SMILES string of the molecule is COc1cccc(Cc2cnc(C3CCCCN3C(=O)c3cc4cc(OC)ccc4[nH]3)o2)c1. The Morgan fingerprint density at radius 3 is 2.82 bits per heavy atom. The molecule has 0 aliphatic carbocycles. The number of carbonyl (C=O) groups excluding carboxylic acids is 1. The first-order valence-electron chi connectivity index (χ1n) is 11.2. The molecule has 1 amide bonds. The zero-order chi connectivity index (χ0) is 22.8. The normalized spacial score (nSPS) is 16.2. The van der Waals surface area contributed by atoms with Gasteiger partial charge in [-0.05, 0) is 61.2 Å². The number of piperidine rings is 1. The van der Waals surface area contributed by atoms with Crippen LogP contribution in [0.4, 0.5) is 0 Å². The first-order valence-corrected chi connectivity index (χ1v) is 11.2. The van der Waals surface area contributed by atoms with Gasteiger partial charge in [-0.3, -0.25) is 4.79 Å². The van der Waals surface area contributed by atoms with E-state index in [0.29, 0.717) is 24.6 Å². The second kappa shape index (κ2) is 9.02. The van der Waals surface area contributed by atoms with Crippen LogP contribution in [0.1, 0.15) is 53.0 Å². The van der Waals surface area contributed by atoms with Gasteiger partial charge >= 0.3 is 0 Å². The van der Waals surface area contributed by atoms with Crippen LogP contribution in [0.3, 0.4) is 0 Å². The van der Waals surface area contributed by atoms with E-state index in [-0.39, 0.29) is 11.9 Å². The number of nitrogens with zero attached hydrogens (tertiary/aromatic N) is 2. The summed E-state index contributed by atoms with van der Waals surface area (Å²) in [6.45, 7) is 0.676. The van der Waals surface area contributed by atoms with Crippen LogP contribution < -0.4 is 9.47 Å². The first-order chi connectivity index (χ1) is 16.1. The maximum atomic E-state index is 13.5. The number of benzene rings is 2. The number of rotatable bonds is 6. The third kappa shape index (κ3) is 4.31. The predicted octanol–water partition coefficient (Wildman–Crippen LogP) is 5.13. The first kappa shape index (κ1) is 21.1. The quantitative estimate of drug-likeness (QED) is 0.445. The lowest BCUT2D eigenvalue weighted by Crippen LogP contribution is -2.38. The third-order valence-corrected chi connectivity index (χ3v) is 6.19. The highest BCUT2D eigenvalue weighted by Gasteiger charge is 2.32. The summed E-state index contributed by atoms with van der Waals surface area (Å²) in [5, 5.41) is 0.947. The van der Waals surface area contributed by atoms with Gasteiger partial charge in [0.15, 0.2) is 0 Å². The van der Waals surface area contributed by atoms with Crippen LogP contribution >= 0.6 is 0 Å². The number of hydrogen-bond acceptors (Lipinski definition) is 5. The van der Waals surface area contributed by atoms with Gasteiger partial charge in [-0.2, -0.15) is 0 Å². The zero-order valence-electron chi connectivity index (χ0n) is 18.8. The van der Waals surface area contributed by atoms with Gasteiger partial charge in [0, 0.05) is 23.9 Å². The van der Waals surface area contributed by atoms with Crippen LogP contribution in [0.15, 0.2) is 59.1 Å². The number of H-pyrrole nitrogens is 1. The average Bonchev–Trinajstić information content (AvgIpc) is 3.50. The summed E-state index contributed by atoms with van der Waals surface area (Å²) in [6, 6.07) is 15.3. The van der Waals surface area contributed by atoms with Crippen molar-refractivity contribution in [2.75, 3.05) is 20.8 Å². The zero-order valence-corrected chi connectivity index (χ0v) is 18.8. The molecule has 1 saturated heterocycles. The standard InChI is InChI=1S/C26H27N3O4/c1-31-19-7-5-6-17(12-19)13-21-16-27-25(33-21)24-8-3-4-11-29(24)26(30)23-15-18-14-20(32-2)9-10-22(18)28-23/h5-7,9-10,12,14-16,24,28H,3-4,8,11,13H2,1-2H3. The van der Waals surface area contributed by atoms with E-state index in [4.69, 9.17) is 13.9 Å². The maximum absolute atomic E-state index is 13.5. The van der Waals surface area contributed by atoms with Crippen LogP contribution in [0.25, 0.3) is 10.9 Å². The number of ether oxygens (including phenoxy) is 2. The summed E-state index contributed by atoms with van der Waals surface area (Å²) in [6.07, 6.45) is 5.22. The summed E-state index contributed by atoms with van der Waals surface area (Å²) >= 11 is 0. The minimum Gasteiger partial charge on any atom is -0.497 e. The van der Waals surface area contributed by atoms with Crippen molar-refractivity contribution in [3.8, 4) is 11.5 Å². The number of methoxy groups -OCH3 is 2. The van der Waals surface area contributed by atoms with Crippen molar-refractivity contribution in [2.45, 2.75) is 31.7 Å². The molecule has 33 heavy (non-hydrogen) atoms. The number of amides is 1. The van der Waals surface area contributed by atoms with E-state index in [9.17, 15) is 4.79 Å². The van der Waals surface area contributed by atoms with Gasteiger partial charge in [0.2, 0.25) is 5.89 Å². The molecule has 2 aromatic carbocycles. The lowest BCUT2D eigenvalue weighted by molar-refractivity contribution is 0.0565. The summed E-state index contributed by atoms with van der Waals surface area (Å²) in [7, 11) is 3.29. The Morgan fingerprint density at radius 2 is 1.97 bits per heavy atom. The molecule has 7 heteroatoms. The Balaban J connectivity index is 1.37. The molecule has 1 N–H and O–H groups in total. The summed E-state index contributed by atoms with van der Waals surface area (Å²) < 4.78 is 16.7. The molecular formula is C26H27N3O4. The van der Waals surface area contributed by atoms with Crippen LogP contribution in [-0.2, 0) is 6.42 Å². The molecule has 3 heterocycles. The molecule has 0 saturated carbocycles. The van der Waals surface area contributed by atoms with Crippen molar-refractivity contribution in [1.82, 2.24) is 14.9 Å². The second-order valence-electron chi connectivity index (χ2n) is 8.34. The molecule has 170 valence electrons. The lowest BCUT2D eigenvalue weighted by Gasteiger charge is -2.33. The maximum Gasteiger partial charge on any atom is 0.270 e. The largest absolute Gasteiger partial charge is 0.497 e. The summed E-state index contributed by atoms with van der Waals surface area (Å²) in [5.41, 5.74) is 2.56. The number of hydrogen-bond donors (Lipinski definition) is 1. The molecule has 0 bridgehead atoms. The van der Waals surface area contributed by atoms with Gasteiger partial charge in [-0.1, -0.05) is 12.1 Å². The minimum absolute atomic E-state index is 0.0394. The van der Waals surface area contributed by atoms with E-state index in [0.717, 1.165) is 53.0 Å². The molecule has 1 aliphatic heterocycles. The Morgan fingerprint density at radius 1 is 1.12 bits per heavy atom. The Bertz CT molecular complexity index is 1280. The van der Waals surface area contributed by atoms with Crippen LogP contribution in [-0.4, -0.2) is 41.5 Å². The Hall–Kier alpha value is -3.74. The fourth-order valence-corrected chi connectivity index (χ4v) is 4.48. The molecular weight excluding hydrogens is 418 g/mol. The van der Waals surface area contributed by atoms with Crippen molar-refractivity contribution in [3.05, 3.63) is 77.6 Å². The Kier molecular flexibility index (Phi) is 5.77. The molecule has 1 fully saturated rings. The van der Waals surface area contributed by atoms with Crippen molar-refractivity contribution in [1.29, 1.82) is 0 Å². The molecule has 5 rings (SSSR count). The molecule has 1 unspecified atom stereocenters. The fourth-order valence-electron chi connectivity index (χ4n) is 4.48. The van der Waals surface area contributed by atoms with E-state index in [1.165, 1.54) is 0 Å². The van der Waals surface area contributed by atoms with Gasteiger partial charge in [0.1, 0.15) is 29.0 Å².